The van der Waals surface area contributed by atoms with Crippen LogP contribution in [0.1, 0.15) is 37.7 Å². The lowest BCUT2D eigenvalue weighted by Gasteiger charge is -2.22. The first-order valence-electron chi connectivity index (χ1n) is 7.76. The van der Waals surface area contributed by atoms with Crippen molar-refractivity contribution >= 4 is 28.1 Å². The van der Waals surface area contributed by atoms with Gasteiger partial charge in [-0.3, -0.25) is 0 Å². The second-order valence-electron chi connectivity index (χ2n) is 6.02. The largest absolute Gasteiger partial charge is 0.593 e. The van der Waals surface area contributed by atoms with Gasteiger partial charge in [-0.05, 0) is 37.3 Å². The Hall–Kier alpha value is -1.40. The molecule has 6 heteroatoms. The Labute approximate surface area is 133 Å². The van der Waals surface area contributed by atoms with Crippen LogP contribution in [0.2, 0.25) is 0 Å². The van der Waals surface area contributed by atoms with Crippen LogP contribution in [0.15, 0.2) is 16.7 Å². The first-order chi connectivity index (χ1) is 10.6. The lowest BCUT2D eigenvalue weighted by molar-refractivity contribution is 0.208. The Bertz CT molecular complexity index is 636. The number of hydrogen-bond donors (Lipinski definition) is 1. The smallest absolute Gasteiger partial charge is 0.220 e. The van der Waals surface area contributed by atoms with Crippen molar-refractivity contribution in [1.82, 2.24) is 5.16 Å². The normalized spacial score (nSPS) is 17.6. The summed E-state index contributed by atoms with van der Waals surface area (Å²) in [6, 6.07) is 3.85. The van der Waals surface area contributed by atoms with Gasteiger partial charge >= 0.3 is 0 Å². The molecule has 1 aromatic carbocycles. The van der Waals surface area contributed by atoms with Gasteiger partial charge in [0.25, 0.3) is 0 Å². The Morgan fingerprint density at radius 1 is 1.36 bits per heavy atom. The van der Waals surface area contributed by atoms with Crippen molar-refractivity contribution in [3.63, 3.8) is 0 Å². The highest BCUT2D eigenvalue weighted by molar-refractivity contribution is 7.92. The monoisotopic (exact) mass is 322 g/mol. The molecule has 2 aromatic rings. The summed E-state index contributed by atoms with van der Waals surface area (Å²) in [5, 5.41) is 4.76. The van der Waals surface area contributed by atoms with Crippen LogP contribution in [0.4, 0.5) is 5.82 Å². The summed E-state index contributed by atoms with van der Waals surface area (Å²) in [5.74, 6) is 2.02. The Morgan fingerprint density at radius 3 is 2.86 bits per heavy atom. The van der Waals surface area contributed by atoms with E-state index in [-0.39, 0.29) is 0 Å². The van der Waals surface area contributed by atoms with Gasteiger partial charge in [-0.25, -0.2) is 0 Å². The molecule has 0 radical (unpaired) electrons. The SMILES string of the molecule is Cc1cc2c(N[S+](C)[O-])noc2cc1OCC1CCCCC1. The molecule has 1 aromatic heterocycles. The van der Waals surface area contributed by atoms with Crippen molar-refractivity contribution in [2.24, 2.45) is 5.92 Å². The first kappa shape index (κ1) is 15.5. The maximum absolute atomic E-state index is 11.3. The molecule has 22 heavy (non-hydrogen) atoms. The number of benzene rings is 1. The molecule has 3 rings (SSSR count). The number of rotatable bonds is 5. The molecule has 0 amide bonds. The van der Waals surface area contributed by atoms with Crippen molar-refractivity contribution in [3.8, 4) is 5.75 Å². The highest BCUT2D eigenvalue weighted by atomic mass is 32.2. The number of ether oxygens (including phenoxy) is 1. The molecule has 1 unspecified atom stereocenters. The predicted octanol–water partition coefficient (Wildman–Crippen LogP) is 3.80. The summed E-state index contributed by atoms with van der Waals surface area (Å²) in [6.07, 6.45) is 8.08. The van der Waals surface area contributed by atoms with Crippen LogP contribution in [-0.2, 0) is 11.4 Å². The van der Waals surface area contributed by atoms with Gasteiger partial charge < -0.3 is 13.8 Å². The molecule has 0 saturated heterocycles. The standard InChI is InChI=1S/C16H22N2O3S/c1-11-8-13-15(21-17-16(13)18-22(2)19)9-14(11)20-10-12-6-4-3-5-7-12/h8-9,12H,3-7,10H2,1-2H3,(H,17,18). The molecule has 120 valence electrons. The summed E-state index contributed by atoms with van der Waals surface area (Å²) in [4.78, 5) is 0. The van der Waals surface area contributed by atoms with E-state index in [9.17, 15) is 4.55 Å². The predicted molar refractivity (Wildman–Crippen MR) is 88.5 cm³/mol. The molecule has 0 spiro atoms. The van der Waals surface area contributed by atoms with Gasteiger partial charge in [0.1, 0.15) is 12.0 Å². The lowest BCUT2D eigenvalue weighted by Crippen LogP contribution is -2.15. The quantitative estimate of drug-likeness (QED) is 0.848. The van der Waals surface area contributed by atoms with Crippen LogP contribution in [0.5, 0.6) is 5.75 Å². The molecule has 0 bridgehead atoms. The molecule has 1 atom stereocenters. The van der Waals surface area contributed by atoms with Gasteiger partial charge in [-0.1, -0.05) is 24.4 Å². The molecule has 1 aliphatic rings. The van der Waals surface area contributed by atoms with Crippen LogP contribution >= 0.6 is 0 Å². The van der Waals surface area contributed by atoms with E-state index >= 15 is 0 Å². The molecule has 1 aliphatic carbocycles. The second-order valence-corrected chi connectivity index (χ2v) is 7.13. The number of anilines is 1. The highest BCUT2D eigenvalue weighted by Crippen LogP contribution is 2.31. The minimum atomic E-state index is -1.17. The van der Waals surface area contributed by atoms with E-state index in [0.717, 1.165) is 23.3 Å². The van der Waals surface area contributed by atoms with Crippen LogP contribution < -0.4 is 9.46 Å². The number of aromatic nitrogens is 1. The maximum Gasteiger partial charge on any atom is 0.220 e. The van der Waals surface area contributed by atoms with E-state index in [1.54, 1.807) is 6.26 Å². The zero-order valence-electron chi connectivity index (χ0n) is 13.1. The zero-order chi connectivity index (χ0) is 15.5. The third-order valence-corrected chi connectivity index (χ3v) is 4.69. The number of nitrogens with zero attached hydrogens (tertiary/aromatic N) is 1. The molecule has 0 aliphatic heterocycles. The molecular formula is C16H22N2O3S. The van der Waals surface area contributed by atoms with E-state index in [0.29, 0.717) is 17.3 Å². The van der Waals surface area contributed by atoms with Crippen LogP contribution in [0, 0.1) is 12.8 Å². The fourth-order valence-corrected chi connectivity index (χ4v) is 3.42. The van der Waals surface area contributed by atoms with Gasteiger partial charge in [0, 0.05) is 6.07 Å². The summed E-state index contributed by atoms with van der Waals surface area (Å²) in [6.45, 7) is 2.78. The van der Waals surface area contributed by atoms with Crippen molar-refractivity contribution in [3.05, 3.63) is 17.7 Å². The number of hydrogen-bond acceptors (Lipinski definition) is 5. The molecule has 1 fully saturated rings. The third kappa shape index (κ3) is 3.50. The maximum atomic E-state index is 11.3. The van der Waals surface area contributed by atoms with E-state index in [1.165, 1.54) is 32.1 Å². The van der Waals surface area contributed by atoms with E-state index in [1.807, 2.05) is 19.1 Å². The van der Waals surface area contributed by atoms with Gasteiger partial charge in [0.2, 0.25) is 5.82 Å². The zero-order valence-corrected chi connectivity index (χ0v) is 13.9. The van der Waals surface area contributed by atoms with E-state index in [2.05, 4.69) is 9.88 Å². The van der Waals surface area contributed by atoms with Crippen LogP contribution in [0.3, 0.4) is 0 Å². The summed E-state index contributed by atoms with van der Waals surface area (Å²) in [7, 11) is 0. The van der Waals surface area contributed by atoms with Crippen molar-refractivity contribution < 1.29 is 13.8 Å². The Kier molecular flexibility index (Phi) is 4.78. The lowest BCUT2D eigenvalue weighted by atomic mass is 9.90. The average Bonchev–Trinajstić information content (AvgIpc) is 2.87. The van der Waals surface area contributed by atoms with E-state index < -0.39 is 11.4 Å². The van der Waals surface area contributed by atoms with Crippen molar-refractivity contribution in [1.29, 1.82) is 0 Å². The molecule has 1 heterocycles. The number of aryl methyl sites for hydroxylation is 1. The van der Waals surface area contributed by atoms with Gasteiger partial charge in [-0.2, -0.15) is 4.72 Å². The topological polar surface area (TPSA) is 70.3 Å². The first-order valence-corrected chi connectivity index (χ1v) is 9.32. The second kappa shape index (κ2) is 6.79. The summed E-state index contributed by atoms with van der Waals surface area (Å²) < 4.78 is 25.4. The Morgan fingerprint density at radius 2 is 2.14 bits per heavy atom. The van der Waals surface area contributed by atoms with Gasteiger partial charge in [0.05, 0.1) is 23.4 Å². The minimum absolute atomic E-state index is 0.512. The van der Waals surface area contributed by atoms with Crippen LogP contribution in [0.25, 0.3) is 11.0 Å². The minimum Gasteiger partial charge on any atom is -0.593 e. The fraction of sp³-hybridized carbons (Fsp3) is 0.562. The molecule has 1 saturated carbocycles. The number of nitrogens with one attached hydrogen (secondary N) is 1. The van der Waals surface area contributed by atoms with Crippen LogP contribution in [-0.4, -0.2) is 22.6 Å². The van der Waals surface area contributed by atoms with Gasteiger partial charge in [-0.15, -0.1) is 0 Å². The van der Waals surface area contributed by atoms with Crippen molar-refractivity contribution in [2.45, 2.75) is 39.0 Å². The number of fused-ring (bicyclic) bond motifs is 1. The summed E-state index contributed by atoms with van der Waals surface area (Å²) >= 11 is -1.17. The van der Waals surface area contributed by atoms with Crippen molar-refractivity contribution in [2.75, 3.05) is 17.6 Å². The molecule has 5 nitrogen and oxygen atoms in total. The summed E-state index contributed by atoms with van der Waals surface area (Å²) in [5.41, 5.74) is 1.69. The highest BCUT2D eigenvalue weighted by Gasteiger charge is 2.17. The molecular weight excluding hydrogens is 300 g/mol. The van der Waals surface area contributed by atoms with E-state index in [4.69, 9.17) is 9.26 Å². The fourth-order valence-electron chi connectivity index (χ4n) is 3.00. The molecule has 1 N–H and O–H groups in total. The average molecular weight is 322 g/mol. The Balaban J connectivity index is 1.74. The van der Waals surface area contributed by atoms with Gasteiger partial charge in [0.15, 0.2) is 5.58 Å². The third-order valence-electron chi connectivity index (χ3n) is 4.21.